The van der Waals surface area contributed by atoms with Crippen molar-refractivity contribution in [2.24, 2.45) is 0 Å². The van der Waals surface area contributed by atoms with Crippen LogP contribution in [0.3, 0.4) is 0 Å². The van der Waals surface area contributed by atoms with E-state index in [4.69, 9.17) is 16.3 Å². The summed E-state index contributed by atoms with van der Waals surface area (Å²) in [6.45, 7) is 0.525. The number of hydrogen-bond donors (Lipinski definition) is 0. The van der Waals surface area contributed by atoms with Gasteiger partial charge in [0.15, 0.2) is 11.3 Å². The zero-order valence-electron chi connectivity index (χ0n) is 15.5. The third-order valence-corrected chi connectivity index (χ3v) is 5.80. The van der Waals surface area contributed by atoms with E-state index in [1.54, 1.807) is 4.90 Å². The van der Waals surface area contributed by atoms with Gasteiger partial charge in [-0.25, -0.2) is 4.98 Å². The van der Waals surface area contributed by atoms with Crippen molar-refractivity contribution < 1.29 is 27.5 Å². The summed E-state index contributed by atoms with van der Waals surface area (Å²) in [6.07, 6.45) is -0.482. The second-order valence-corrected chi connectivity index (χ2v) is 7.49. The second-order valence-electron chi connectivity index (χ2n) is 7.13. The Hall–Kier alpha value is -2.49. The number of methoxy groups -OCH3 is 1. The van der Waals surface area contributed by atoms with Crippen molar-refractivity contribution >= 4 is 29.1 Å². The van der Waals surface area contributed by atoms with Gasteiger partial charge in [-0.15, -0.1) is 0 Å². The maximum absolute atomic E-state index is 13.4. The smallest absolute Gasteiger partial charge is 0.420 e. The molecule has 0 atom stereocenters. The lowest BCUT2D eigenvalue weighted by molar-refractivity contribution is -0.139. The van der Waals surface area contributed by atoms with Crippen LogP contribution in [0, 0.1) is 0 Å². The highest BCUT2D eigenvalue weighted by atomic mass is 35.5. The molecule has 1 aliphatic carbocycles. The van der Waals surface area contributed by atoms with E-state index in [-0.39, 0.29) is 41.6 Å². The van der Waals surface area contributed by atoms with Crippen LogP contribution in [0.4, 0.5) is 13.2 Å². The molecule has 11 heteroatoms. The first-order chi connectivity index (χ1) is 13.7. The van der Waals surface area contributed by atoms with Crippen molar-refractivity contribution in [2.75, 3.05) is 26.7 Å². The molecule has 2 fully saturated rings. The number of imidazole rings is 1. The number of amides is 2. The Labute approximate surface area is 169 Å². The van der Waals surface area contributed by atoms with Gasteiger partial charge in [0.25, 0.3) is 5.91 Å². The molecule has 0 spiro atoms. The van der Waals surface area contributed by atoms with Crippen molar-refractivity contribution in [1.82, 2.24) is 19.2 Å². The number of carbonyl (C=O) groups is 2. The molecule has 4 rings (SSSR count). The fraction of sp³-hybridized carbons (Fsp3) is 0.500. The zero-order chi connectivity index (χ0) is 20.9. The Kier molecular flexibility index (Phi) is 4.84. The van der Waals surface area contributed by atoms with Gasteiger partial charge in [-0.3, -0.25) is 14.0 Å². The van der Waals surface area contributed by atoms with Gasteiger partial charge in [-0.05, 0) is 25.3 Å². The molecule has 2 aliphatic rings. The maximum atomic E-state index is 13.4. The summed E-state index contributed by atoms with van der Waals surface area (Å²) in [5.41, 5.74) is -1.88. The number of piperazine rings is 1. The van der Waals surface area contributed by atoms with E-state index in [9.17, 15) is 22.8 Å². The molecule has 7 nitrogen and oxygen atoms in total. The number of nitrogens with zero attached hydrogens (tertiary/aromatic N) is 4. The van der Waals surface area contributed by atoms with Crippen molar-refractivity contribution in [2.45, 2.75) is 31.5 Å². The van der Waals surface area contributed by atoms with Crippen LogP contribution >= 0.6 is 11.6 Å². The van der Waals surface area contributed by atoms with E-state index < -0.39 is 23.3 Å². The first kappa shape index (κ1) is 19.8. The summed E-state index contributed by atoms with van der Waals surface area (Å²) in [5, 5.41) is -0.261. The predicted octanol–water partition coefficient (Wildman–Crippen LogP) is 2.85. The van der Waals surface area contributed by atoms with Gasteiger partial charge in [0, 0.05) is 19.1 Å². The summed E-state index contributed by atoms with van der Waals surface area (Å²) >= 11 is 6.20. The molecule has 0 N–H and O–H groups in total. The van der Waals surface area contributed by atoms with E-state index in [1.807, 2.05) is 0 Å². The molecule has 1 saturated carbocycles. The molecule has 0 bridgehead atoms. The van der Waals surface area contributed by atoms with Crippen LogP contribution in [0.25, 0.3) is 5.65 Å². The Morgan fingerprint density at radius 1 is 1.31 bits per heavy atom. The number of aromatic nitrogens is 2. The second kappa shape index (κ2) is 7.08. The molecule has 29 heavy (non-hydrogen) atoms. The lowest BCUT2D eigenvalue weighted by atomic mass is 9.91. The Bertz CT molecular complexity index is 987. The average molecular weight is 431 g/mol. The van der Waals surface area contributed by atoms with Crippen molar-refractivity contribution in [3.8, 4) is 5.75 Å². The van der Waals surface area contributed by atoms with Crippen LogP contribution in [0.5, 0.6) is 5.75 Å². The van der Waals surface area contributed by atoms with Crippen LogP contribution in [0.1, 0.15) is 35.3 Å². The summed E-state index contributed by atoms with van der Waals surface area (Å²) in [5.74, 6) is -0.924. The summed E-state index contributed by atoms with van der Waals surface area (Å²) in [6, 6.07) is 1.02. The third-order valence-electron chi connectivity index (χ3n) is 5.44. The van der Waals surface area contributed by atoms with Gasteiger partial charge < -0.3 is 14.5 Å². The van der Waals surface area contributed by atoms with Gasteiger partial charge in [-0.2, -0.15) is 13.2 Å². The fourth-order valence-electron chi connectivity index (χ4n) is 3.64. The highest BCUT2D eigenvalue weighted by Gasteiger charge is 2.38. The molecule has 2 aromatic heterocycles. The predicted molar refractivity (Wildman–Crippen MR) is 97.0 cm³/mol. The van der Waals surface area contributed by atoms with E-state index >= 15 is 0 Å². The quantitative estimate of drug-likeness (QED) is 0.751. The van der Waals surface area contributed by atoms with Gasteiger partial charge in [0.1, 0.15) is 23.0 Å². The molecule has 0 radical (unpaired) electrons. The highest BCUT2D eigenvalue weighted by molar-refractivity contribution is 6.33. The average Bonchev–Trinajstić information content (AvgIpc) is 2.96. The van der Waals surface area contributed by atoms with Crippen LogP contribution in [-0.4, -0.2) is 63.8 Å². The number of hydrogen-bond acceptors (Lipinski definition) is 4. The molecule has 2 amide bonds. The maximum Gasteiger partial charge on any atom is 0.420 e. The zero-order valence-corrected chi connectivity index (χ0v) is 16.3. The van der Waals surface area contributed by atoms with Crippen LogP contribution in [0.2, 0.25) is 5.15 Å². The van der Waals surface area contributed by atoms with Gasteiger partial charge in [0.2, 0.25) is 5.91 Å². The first-order valence-electron chi connectivity index (χ1n) is 9.12. The Morgan fingerprint density at radius 3 is 2.59 bits per heavy atom. The van der Waals surface area contributed by atoms with E-state index in [0.717, 1.165) is 29.7 Å². The van der Waals surface area contributed by atoms with E-state index in [2.05, 4.69) is 4.98 Å². The van der Waals surface area contributed by atoms with Gasteiger partial charge in [0.05, 0.1) is 13.3 Å². The Morgan fingerprint density at radius 2 is 2.03 bits per heavy atom. The first-order valence-corrected chi connectivity index (χ1v) is 9.50. The number of alkyl halides is 3. The van der Waals surface area contributed by atoms with Crippen molar-refractivity contribution in [3.63, 3.8) is 0 Å². The number of fused-ring (bicyclic) bond motifs is 1. The molecule has 156 valence electrons. The Balaban J connectivity index is 1.66. The van der Waals surface area contributed by atoms with Crippen molar-refractivity contribution in [3.05, 3.63) is 28.7 Å². The summed E-state index contributed by atoms with van der Waals surface area (Å²) in [7, 11) is 1.23. The van der Waals surface area contributed by atoms with E-state index in [0.29, 0.717) is 6.54 Å². The van der Waals surface area contributed by atoms with Crippen molar-refractivity contribution in [1.29, 1.82) is 0 Å². The molecular weight excluding hydrogens is 413 g/mol. The summed E-state index contributed by atoms with van der Waals surface area (Å²) in [4.78, 5) is 32.2. The lowest BCUT2D eigenvalue weighted by Crippen LogP contribution is -2.56. The van der Waals surface area contributed by atoms with E-state index in [1.165, 1.54) is 18.2 Å². The minimum Gasteiger partial charge on any atom is -0.495 e. The monoisotopic (exact) mass is 430 g/mol. The molecule has 2 aromatic rings. The highest BCUT2D eigenvalue weighted by Crippen LogP contribution is 2.36. The summed E-state index contributed by atoms with van der Waals surface area (Å²) < 4.78 is 46.2. The third kappa shape index (κ3) is 3.39. The number of rotatable bonds is 3. The minimum absolute atomic E-state index is 0.0765. The molecule has 3 heterocycles. The van der Waals surface area contributed by atoms with Crippen LogP contribution in [-0.2, 0) is 11.0 Å². The van der Waals surface area contributed by atoms with Crippen LogP contribution in [0.15, 0.2) is 12.3 Å². The largest absolute Gasteiger partial charge is 0.495 e. The molecule has 0 aromatic carbocycles. The lowest BCUT2D eigenvalue weighted by Gasteiger charge is -2.42. The number of pyridine rings is 1. The fourth-order valence-corrected chi connectivity index (χ4v) is 3.89. The number of halogens is 4. The SMILES string of the molecule is COc1cc(C(F)(F)F)c2nc(C(=O)N3CCN(C4CCC4)C(=O)C3)c(Cl)n2c1. The topological polar surface area (TPSA) is 67.2 Å². The molecule has 1 aliphatic heterocycles. The number of carbonyl (C=O) groups excluding carboxylic acids is 2. The minimum atomic E-state index is -4.71. The molecule has 1 saturated heterocycles. The standard InChI is InChI=1S/C18H18ClF3N4O3/c1-29-11-7-12(18(20,21)22)16-23-14(15(19)26(16)8-11)17(28)24-5-6-25(13(27)9-24)10-3-2-4-10/h7-8,10H,2-6,9H2,1H3. The molecular formula is C18H18ClF3N4O3. The normalized spacial score (nSPS) is 18.3. The number of ether oxygens (including phenoxy) is 1. The van der Waals surface area contributed by atoms with Gasteiger partial charge >= 0.3 is 6.18 Å². The van der Waals surface area contributed by atoms with Gasteiger partial charge in [-0.1, -0.05) is 11.6 Å². The molecule has 0 unspecified atom stereocenters. The van der Waals surface area contributed by atoms with Crippen LogP contribution < -0.4 is 4.74 Å².